The molecule has 0 fully saturated rings. The minimum Gasteiger partial charge on any atom is -0.487 e. The van der Waals surface area contributed by atoms with Gasteiger partial charge in [0.15, 0.2) is 0 Å². The highest BCUT2D eigenvalue weighted by Crippen LogP contribution is 2.34. The van der Waals surface area contributed by atoms with E-state index in [1.165, 1.54) is 12.7 Å². The third-order valence-electron chi connectivity index (χ3n) is 6.06. The molecule has 0 aliphatic heterocycles. The van der Waals surface area contributed by atoms with Gasteiger partial charge in [0.25, 0.3) is 0 Å². The van der Waals surface area contributed by atoms with E-state index >= 15 is 0 Å². The van der Waals surface area contributed by atoms with E-state index in [0.717, 1.165) is 28.3 Å². The van der Waals surface area contributed by atoms with Gasteiger partial charge < -0.3 is 14.4 Å². The van der Waals surface area contributed by atoms with Crippen LogP contribution in [0.1, 0.15) is 27.0 Å². The standard InChI is InChI=1S/C30H29NO4/c1-31(18-17-22-11-5-3-6-12-22)28(32)20-24-19-27(30(33)34-2)29(26-16-10-9-15-25(24)26)35-21-23-13-7-4-8-14-23/h3-16,19H,17-18,20-21H2,1-2H3. The van der Waals surface area contributed by atoms with E-state index in [1.807, 2.05) is 79.8 Å². The first-order valence-electron chi connectivity index (χ1n) is 11.6. The monoisotopic (exact) mass is 467 g/mol. The van der Waals surface area contributed by atoms with Crippen LogP contribution in [0.2, 0.25) is 0 Å². The summed E-state index contributed by atoms with van der Waals surface area (Å²) >= 11 is 0. The van der Waals surface area contributed by atoms with E-state index in [9.17, 15) is 9.59 Å². The normalized spacial score (nSPS) is 10.7. The quantitative estimate of drug-likeness (QED) is 0.307. The van der Waals surface area contributed by atoms with Crippen LogP contribution in [-0.2, 0) is 29.0 Å². The number of methoxy groups -OCH3 is 1. The second kappa shape index (κ2) is 11.3. The van der Waals surface area contributed by atoms with E-state index in [0.29, 0.717) is 24.5 Å². The van der Waals surface area contributed by atoms with Crippen molar-refractivity contribution in [3.63, 3.8) is 0 Å². The maximum Gasteiger partial charge on any atom is 0.341 e. The van der Waals surface area contributed by atoms with Gasteiger partial charge in [-0.1, -0.05) is 84.9 Å². The number of ether oxygens (including phenoxy) is 2. The minimum atomic E-state index is -0.495. The van der Waals surface area contributed by atoms with Crippen LogP contribution in [0.5, 0.6) is 5.75 Å². The van der Waals surface area contributed by atoms with Crippen molar-refractivity contribution in [2.75, 3.05) is 20.7 Å². The molecule has 5 nitrogen and oxygen atoms in total. The van der Waals surface area contributed by atoms with Crippen molar-refractivity contribution in [1.82, 2.24) is 4.90 Å². The fourth-order valence-electron chi connectivity index (χ4n) is 4.08. The maximum atomic E-state index is 13.1. The summed E-state index contributed by atoms with van der Waals surface area (Å²) in [5, 5.41) is 1.66. The summed E-state index contributed by atoms with van der Waals surface area (Å²) < 4.78 is 11.2. The molecule has 4 aromatic carbocycles. The first kappa shape index (κ1) is 24.0. The molecular weight excluding hydrogens is 438 g/mol. The first-order chi connectivity index (χ1) is 17.1. The number of hydrogen-bond donors (Lipinski definition) is 0. The molecule has 0 N–H and O–H groups in total. The Morgan fingerprint density at radius 2 is 1.40 bits per heavy atom. The van der Waals surface area contributed by atoms with Crippen LogP contribution in [0.3, 0.4) is 0 Å². The fourth-order valence-corrected chi connectivity index (χ4v) is 4.08. The van der Waals surface area contributed by atoms with E-state index in [-0.39, 0.29) is 12.3 Å². The molecule has 1 amide bonds. The van der Waals surface area contributed by atoms with Gasteiger partial charge in [0.05, 0.1) is 13.5 Å². The van der Waals surface area contributed by atoms with Crippen LogP contribution in [0.25, 0.3) is 10.8 Å². The lowest BCUT2D eigenvalue weighted by atomic mass is 9.97. The Labute approximate surface area is 205 Å². The summed E-state index contributed by atoms with van der Waals surface area (Å²) in [6, 6.07) is 29.3. The van der Waals surface area contributed by atoms with E-state index in [4.69, 9.17) is 9.47 Å². The Morgan fingerprint density at radius 3 is 2.06 bits per heavy atom. The average molecular weight is 468 g/mol. The molecule has 0 spiro atoms. The lowest BCUT2D eigenvalue weighted by Gasteiger charge is -2.20. The smallest absolute Gasteiger partial charge is 0.341 e. The molecule has 0 aromatic heterocycles. The summed E-state index contributed by atoms with van der Waals surface area (Å²) in [6.45, 7) is 0.929. The predicted octanol–water partition coefficient (Wildman–Crippen LogP) is 5.45. The van der Waals surface area contributed by atoms with Crippen LogP contribution in [0, 0.1) is 0 Å². The number of esters is 1. The van der Waals surface area contributed by atoms with Crippen molar-refractivity contribution < 1.29 is 19.1 Å². The Bertz CT molecular complexity index is 1300. The molecule has 0 heterocycles. The molecular formula is C30H29NO4. The first-order valence-corrected chi connectivity index (χ1v) is 11.6. The average Bonchev–Trinajstić information content (AvgIpc) is 2.91. The molecule has 4 aromatic rings. The van der Waals surface area contributed by atoms with Crippen LogP contribution in [0.15, 0.2) is 91.0 Å². The van der Waals surface area contributed by atoms with Gasteiger partial charge in [-0.3, -0.25) is 4.79 Å². The Balaban J connectivity index is 1.61. The fraction of sp³-hybridized carbons (Fsp3) is 0.200. The zero-order valence-corrected chi connectivity index (χ0v) is 20.1. The molecule has 5 heteroatoms. The number of hydrogen-bond acceptors (Lipinski definition) is 4. The topological polar surface area (TPSA) is 55.8 Å². The second-order valence-electron chi connectivity index (χ2n) is 8.45. The lowest BCUT2D eigenvalue weighted by molar-refractivity contribution is -0.129. The zero-order chi connectivity index (χ0) is 24.6. The van der Waals surface area contributed by atoms with E-state index in [2.05, 4.69) is 12.1 Å². The number of carbonyl (C=O) groups is 2. The molecule has 178 valence electrons. The SMILES string of the molecule is COC(=O)c1cc(CC(=O)N(C)CCc2ccccc2)c2ccccc2c1OCc1ccccc1. The number of amides is 1. The number of likely N-dealkylation sites (N-methyl/N-ethyl adjacent to an activating group) is 1. The molecule has 35 heavy (non-hydrogen) atoms. The Kier molecular flexibility index (Phi) is 7.78. The van der Waals surface area contributed by atoms with Crippen molar-refractivity contribution in [2.45, 2.75) is 19.4 Å². The molecule has 4 rings (SSSR count). The highest BCUT2D eigenvalue weighted by molar-refractivity contribution is 6.03. The lowest BCUT2D eigenvalue weighted by Crippen LogP contribution is -2.30. The molecule has 0 unspecified atom stereocenters. The summed E-state index contributed by atoms with van der Waals surface area (Å²) in [7, 11) is 3.16. The van der Waals surface area contributed by atoms with Crippen molar-refractivity contribution in [1.29, 1.82) is 0 Å². The summed E-state index contributed by atoms with van der Waals surface area (Å²) in [5.41, 5.74) is 3.26. The number of carbonyl (C=O) groups excluding carboxylic acids is 2. The van der Waals surface area contributed by atoms with Gasteiger partial charge in [-0.25, -0.2) is 4.79 Å². The highest BCUT2D eigenvalue weighted by Gasteiger charge is 2.21. The summed E-state index contributed by atoms with van der Waals surface area (Å²) in [6.07, 6.45) is 0.957. The molecule has 0 saturated heterocycles. The predicted molar refractivity (Wildman–Crippen MR) is 138 cm³/mol. The van der Waals surface area contributed by atoms with Gasteiger partial charge in [-0.2, -0.15) is 0 Å². The third-order valence-corrected chi connectivity index (χ3v) is 6.06. The maximum absolute atomic E-state index is 13.1. The highest BCUT2D eigenvalue weighted by atomic mass is 16.5. The van der Waals surface area contributed by atoms with Gasteiger partial charge in [0.2, 0.25) is 5.91 Å². The molecule has 0 bridgehead atoms. The van der Waals surface area contributed by atoms with Gasteiger partial charge in [-0.05, 0) is 34.6 Å². The van der Waals surface area contributed by atoms with Crippen LogP contribution in [0.4, 0.5) is 0 Å². The number of rotatable bonds is 9. The summed E-state index contributed by atoms with van der Waals surface area (Å²) in [4.78, 5) is 27.6. The Hall–Kier alpha value is -4.12. The molecule has 0 atom stereocenters. The molecule has 0 aliphatic rings. The second-order valence-corrected chi connectivity index (χ2v) is 8.45. The van der Waals surface area contributed by atoms with Gasteiger partial charge in [0.1, 0.15) is 17.9 Å². The van der Waals surface area contributed by atoms with Crippen molar-refractivity contribution in [3.8, 4) is 5.75 Å². The van der Waals surface area contributed by atoms with Crippen molar-refractivity contribution >= 4 is 22.6 Å². The van der Waals surface area contributed by atoms with E-state index < -0.39 is 5.97 Å². The molecule has 0 aliphatic carbocycles. The molecule has 0 saturated carbocycles. The van der Waals surface area contributed by atoms with Crippen molar-refractivity contribution in [2.24, 2.45) is 0 Å². The Morgan fingerprint density at radius 1 is 0.800 bits per heavy atom. The number of fused-ring (bicyclic) bond motifs is 1. The van der Waals surface area contributed by atoms with E-state index in [1.54, 1.807) is 11.0 Å². The van der Waals surface area contributed by atoms with Crippen LogP contribution in [-0.4, -0.2) is 37.5 Å². The summed E-state index contributed by atoms with van der Waals surface area (Å²) in [5.74, 6) is -0.0465. The van der Waals surface area contributed by atoms with Gasteiger partial charge in [-0.15, -0.1) is 0 Å². The van der Waals surface area contributed by atoms with Gasteiger partial charge >= 0.3 is 5.97 Å². The zero-order valence-electron chi connectivity index (χ0n) is 20.1. The van der Waals surface area contributed by atoms with Crippen molar-refractivity contribution in [3.05, 3.63) is 113 Å². The minimum absolute atomic E-state index is 0.0140. The van der Waals surface area contributed by atoms with Crippen LogP contribution >= 0.6 is 0 Å². The number of benzene rings is 4. The van der Waals surface area contributed by atoms with Gasteiger partial charge in [0, 0.05) is 19.0 Å². The molecule has 0 radical (unpaired) electrons. The third kappa shape index (κ3) is 5.87. The number of nitrogens with zero attached hydrogens (tertiary/aromatic N) is 1. The largest absolute Gasteiger partial charge is 0.487 e. The van der Waals surface area contributed by atoms with Crippen LogP contribution < -0.4 is 4.74 Å².